The third-order valence-electron chi connectivity index (χ3n) is 3.77. The van der Waals surface area contributed by atoms with Crippen LogP contribution in [0.2, 0.25) is 0 Å². The first kappa shape index (κ1) is 20.9. The summed E-state index contributed by atoms with van der Waals surface area (Å²) in [7, 11) is -3.30. The van der Waals surface area contributed by atoms with E-state index >= 15 is 0 Å². The zero-order valence-corrected chi connectivity index (χ0v) is 15.1. The van der Waals surface area contributed by atoms with Crippen molar-refractivity contribution in [3.05, 3.63) is 36.2 Å². The van der Waals surface area contributed by atoms with Crippen molar-refractivity contribution in [2.75, 3.05) is 38.5 Å². The van der Waals surface area contributed by atoms with E-state index in [-0.39, 0.29) is 36.2 Å². The summed E-state index contributed by atoms with van der Waals surface area (Å²) >= 11 is 0. The standard InChI is InChI=1S/C16H23FN2O3S.ClH/c17-14(7-8-18)13-22-15-3-5-16(6-4-15)23(20,21)12-11-19-9-1-2-10-19;/h3-7H,1-2,8-13,18H2;1H/b14-7-;. The summed E-state index contributed by atoms with van der Waals surface area (Å²) in [5.74, 6) is 0.0834. The largest absolute Gasteiger partial charge is 0.487 e. The number of halogens is 2. The Morgan fingerprint density at radius 1 is 1.25 bits per heavy atom. The van der Waals surface area contributed by atoms with Gasteiger partial charge in [0.05, 0.1) is 10.6 Å². The van der Waals surface area contributed by atoms with E-state index in [1.807, 2.05) is 0 Å². The van der Waals surface area contributed by atoms with Crippen LogP contribution in [0, 0.1) is 0 Å². The van der Waals surface area contributed by atoms with E-state index in [1.165, 1.54) is 18.2 Å². The SMILES string of the molecule is Cl.NC/C=C(\F)COc1ccc(S(=O)(=O)CCN2CCCC2)cc1. The Morgan fingerprint density at radius 2 is 1.88 bits per heavy atom. The summed E-state index contributed by atoms with van der Waals surface area (Å²) < 4.78 is 43.0. The number of benzene rings is 1. The van der Waals surface area contributed by atoms with Crippen LogP contribution in [-0.2, 0) is 9.84 Å². The molecule has 0 radical (unpaired) electrons. The van der Waals surface area contributed by atoms with Crippen LogP contribution in [0.15, 0.2) is 41.1 Å². The number of rotatable bonds is 8. The number of sulfone groups is 1. The highest BCUT2D eigenvalue weighted by molar-refractivity contribution is 7.91. The summed E-state index contributed by atoms with van der Waals surface area (Å²) in [6, 6.07) is 6.08. The van der Waals surface area contributed by atoms with Gasteiger partial charge in [0, 0.05) is 13.1 Å². The molecule has 136 valence electrons. The number of hydrogen-bond acceptors (Lipinski definition) is 5. The fourth-order valence-corrected chi connectivity index (χ4v) is 3.74. The molecule has 0 spiro atoms. The van der Waals surface area contributed by atoms with Gasteiger partial charge in [-0.05, 0) is 56.3 Å². The first-order valence-electron chi connectivity index (χ1n) is 7.74. The lowest BCUT2D eigenvalue weighted by Crippen LogP contribution is -2.26. The molecule has 0 aliphatic carbocycles. The average molecular weight is 379 g/mol. The number of nitrogens with zero attached hydrogens (tertiary/aromatic N) is 1. The van der Waals surface area contributed by atoms with E-state index in [0.29, 0.717) is 12.3 Å². The maximum absolute atomic E-state index is 13.2. The molecule has 8 heteroatoms. The Hall–Kier alpha value is -1.15. The average Bonchev–Trinajstić information content (AvgIpc) is 3.05. The molecule has 0 aromatic heterocycles. The van der Waals surface area contributed by atoms with Gasteiger partial charge in [-0.25, -0.2) is 12.8 Å². The van der Waals surface area contributed by atoms with E-state index in [0.717, 1.165) is 25.9 Å². The van der Waals surface area contributed by atoms with Crippen molar-refractivity contribution >= 4 is 22.2 Å². The van der Waals surface area contributed by atoms with Crippen molar-refractivity contribution in [1.29, 1.82) is 0 Å². The molecule has 2 rings (SSSR count). The zero-order valence-electron chi connectivity index (χ0n) is 13.5. The second-order valence-corrected chi connectivity index (χ2v) is 7.62. The number of ether oxygens (including phenoxy) is 1. The van der Waals surface area contributed by atoms with Crippen LogP contribution in [0.5, 0.6) is 5.75 Å². The molecular weight excluding hydrogens is 355 g/mol. The minimum Gasteiger partial charge on any atom is -0.487 e. The van der Waals surface area contributed by atoms with Crippen molar-refractivity contribution in [1.82, 2.24) is 4.90 Å². The van der Waals surface area contributed by atoms with Crippen LogP contribution in [-0.4, -0.2) is 51.9 Å². The van der Waals surface area contributed by atoms with Crippen molar-refractivity contribution in [3.8, 4) is 5.75 Å². The molecule has 1 saturated heterocycles. The van der Waals surface area contributed by atoms with Gasteiger partial charge in [0.15, 0.2) is 9.84 Å². The Balaban J connectivity index is 0.00000288. The van der Waals surface area contributed by atoms with Gasteiger partial charge in [-0.3, -0.25) is 0 Å². The summed E-state index contributed by atoms with van der Waals surface area (Å²) in [6.45, 7) is 2.42. The molecule has 1 aromatic rings. The van der Waals surface area contributed by atoms with Crippen molar-refractivity contribution in [2.24, 2.45) is 5.73 Å². The zero-order chi connectivity index (χ0) is 16.7. The van der Waals surface area contributed by atoms with Crippen molar-refractivity contribution < 1.29 is 17.5 Å². The lowest BCUT2D eigenvalue weighted by Gasteiger charge is -2.14. The Kier molecular flexibility index (Phi) is 8.69. The fraction of sp³-hybridized carbons (Fsp3) is 0.500. The van der Waals surface area contributed by atoms with E-state index < -0.39 is 15.7 Å². The van der Waals surface area contributed by atoms with E-state index in [2.05, 4.69) is 4.90 Å². The minimum atomic E-state index is -3.30. The molecule has 2 N–H and O–H groups in total. The van der Waals surface area contributed by atoms with Gasteiger partial charge in [-0.1, -0.05) is 0 Å². The van der Waals surface area contributed by atoms with Crippen LogP contribution in [0.1, 0.15) is 12.8 Å². The molecule has 1 fully saturated rings. The summed E-state index contributed by atoms with van der Waals surface area (Å²) in [4.78, 5) is 2.43. The van der Waals surface area contributed by atoms with Gasteiger partial charge in [-0.15, -0.1) is 12.4 Å². The second kappa shape index (κ2) is 9.98. The van der Waals surface area contributed by atoms with Gasteiger partial charge in [0.1, 0.15) is 18.2 Å². The quantitative estimate of drug-likeness (QED) is 0.750. The lowest BCUT2D eigenvalue weighted by atomic mass is 10.3. The van der Waals surface area contributed by atoms with E-state index in [1.54, 1.807) is 12.1 Å². The molecule has 1 heterocycles. The van der Waals surface area contributed by atoms with Gasteiger partial charge in [0.25, 0.3) is 0 Å². The van der Waals surface area contributed by atoms with Crippen molar-refractivity contribution in [3.63, 3.8) is 0 Å². The van der Waals surface area contributed by atoms with E-state index in [4.69, 9.17) is 10.5 Å². The molecule has 0 bridgehead atoms. The molecule has 1 aliphatic heterocycles. The molecular formula is C16H24ClFN2O3S. The maximum atomic E-state index is 13.2. The molecule has 0 saturated carbocycles. The molecule has 1 aromatic carbocycles. The minimum absolute atomic E-state index is 0. The summed E-state index contributed by atoms with van der Waals surface area (Å²) in [5, 5.41) is 0. The topological polar surface area (TPSA) is 72.6 Å². The van der Waals surface area contributed by atoms with Gasteiger partial charge in [-0.2, -0.15) is 0 Å². The van der Waals surface area contributed by atoms with Crippen LogP contribution >= 0.6 is 12.4 Å². The van der Waals surface area contributed by atoms with Crippen LogP contribution < -0.4 is 10.5 Å². The van der Waals surface area contributed by atoms with Gasteiger partial charge >= 0.3 is 0 Å². The van der Waals surface area contributed by atoms with Crippen LogP contribution in [0.25, 0.3) is 0 Å². The molecule has 5 nitrogen and oxygen atoms in total. The third-order valence-corrected chi connectivity index (χ3v) is 5.48. The van der Waals surface area contributed by atoms with Crippen LogP contribution in [0.3, 0.4) is 0 Å². The highest BCUT2D eigenvalue weighted by atomic mass is 35.5. The summed E-state index contributed by atoms with van der Waals surface area (Å²) in [6.07, 6.45) is 3.51. The van der Waals surface area contributed by atoms with Gasteiger partial charge in [0.2, 0.25) is 0 Å². The number of hydrogen-bond donors (Lipinski definition) is 1. The highest BCUT2D eigenvalue weighted by Gasteiger charge is 2.18. The monoisotopic (exact) mass is 378 g/mol. The molecule has 0 unspecified atom stereocenters. The summed E-state index contributed by atoms with van der Waals surface area (Å²) in [5.41, 5.74) is 5.20. The third kappa shape index (κ3) is 6.39. The predicted octanol–water partition coefficient (Wildman–Crippen LogP) is 2.17. The highest BCUT2D eigenvalue weighted by Crippen LogP contribution is 2.18. The Morgan fingerprint density at radius 3 is 2.46 bits per heavy atom. The normalized spacial score (nSPS) is 16.0. The molecule has 24 heavy (non-hydrogen) atoms. The van der Waals surface area contributed by atoms with E-state index in [9.17, 15) is 12.8 Å². The lowest BCUT2D eigenvalue weighted by molar-refractivity contribution is 0.318. The first-order valence-corrected chi connectivity index (χ1v) is 9.39. The van der Waals surface area contributed by atoms with Crippen molar-refractivity contribution in [2.45, 2.75) is 17.7 Å². The predicted molar refractivity (Wildman–Crippen MR) is 95.2 cm³/mol. The fourth-order valence-electron chi connectivity index (χ4n) is 2.46. The number of nitrogens with two attached hydrogens (primary N) is 1. The molecule has 0 atom stereocenters. The maximum Gasteiger partial charge on any atom is 0.179 e. The number of likely N-dealkylation sites (tertiary alicyclic amines) is 1. The molecule has 0 amide bonds. The first-order chi connectivity index (χ1) is 11.0. The second-order valence-electron chi connectivity index (χ2n) is 5.51. The Bertz CT molecular complexity index is 629. The Labute approximate surface area is 149 Å². The smallest absolute Gasteiger partial charge is 0.179 e. The van der Waals surface area contributed by atoms with Crippen LogP contribution in [0.4, 0.5) is 4.39 Å². The van der Waals surface area contributed by atoms with Gasteiger partial charge < -0.3 is 15.4 Å². The molecule has 1 aliphatic rings.